The lowest BCUT2D eigenvalue weighted by molar-refractivity contribution is 0.252. The first-order chi connectivity index (χ1) is 18.7. The van der Waals surface area contributed by atoms with E-state index < -0.39 is 0 Å². The topological polar surface area (TPSA) is 97.6 Å². The largest absolute Gasteiger partial charge is 0.508 e. The van der Waals surface area contributed by atoms with Gasteiger partial charge in [-0.1, -0.05) is 66.7 Å². The van der Waals surface area contributed by atoms with Crippen LogP contribution < -0.4 is 10.2 Å². The highest BCUT2D eigenvalue weighted by Crippen LogP contribution is 2.30. The van der Waals surface area contributed by atoms with Gasteiger partial charge in [0.25, 0.3) is 0 Å². The zero-order valence-corrected chi connectivity index (χ0v) is 21.2. The summed E-state index contributed by atoms with van der Waals surface area (Å²) in [5.41, 5.74) is 4.43. The second-order valence-corrected chi connectivity index (χ2v) is 10.0. The highest BCUT2D eigenvalue weighted by atomic mass is 16.3. The molecule has 194 valence electrons. The monoisotopic (exact) mass is 508 g/mol. The zero-order chi connectivity index (χ0) is 25.9. The van der Waals surface area contributed by atoms with Crippen molar-refractivity contribution in [3.05, 3.63) is 95.6 Å². The molecule has 0 saturated carbocycles. The summed E-state index contributed by atoms with van der Waals surface area (Å²) in [6, 6.07) is 25.6. The van der Waals surface area contributed by atoms with Gasteiger partial charge in [0.15, 0.2) is 5.82 Å². The Kier molecular flexibility index (Phi) is 6.90. The first kappa shape index (κ1) is 24.3. The van der Waals surface area contributed by atoms with Crippen LogP contribution in [0.15, 0.2) is 78.9 Å². The van der Waals surface area contributed by atoms with E-state index in [4.69, 9.17) is 15.0 Å². The second kappa shape index (κ2) is 10.8. The Bertz CT molecular complexity index is 1400. The molecule has 1 fully saturated rings. The molecule has 2 aliphatic rings. The van der Waals surface area contributed by atoms with Crippen molar-refractivity contribution in [2.45, 2.75) is 44.6 Å². The number of aromatic hydroxyl groups is 1. The molecule has 0 aliphatic carbocycles. The van der Waals surface area contributed by atoms with Gasteiger partial charge in [-0.3, -0.25) is 4.90 Å². The lowest BCUT2D eigenvalue weighted by Crippen LogP contribution is -2.44. The number of nitrogens with zero attached hydrogens (tertiary/aromatic N) is 5. The lowest BCUT2D eigenvalue weighted by Gasteiger charge is -2.36. The molecule has 3 N–H and O–H groups in total. The Morgan fingerprint density at radius 1 is 0.895 bits per heavy atom. The standard InChI is InChI=1S/C30H32N6O2/c37-20-25-16-22-10-4-5-11-24(22)19-36(25)30-33-28(23-12-6-13-26(38)17-23)32-29(34-30)31-27-14-7-15-35(27)18-21-8-2-1-3-9-21/h1-6,8-13,17,25,27,37-38H,7,14-16,18-20H2,(H,31,32,33,34)/t25-,27?/m0/s1. The minimum absolute atomic E-state index is 0.00227. The zero-order valence-electron chi connectivity index (χ0n) is 21.2. The van der Waals surface area contributed by atoms with Crippen molar-refractivity contribution in [2.24, 2.45) is 0 Å². The molecule has 2 aliphatic heterocycles. The van der Waals surface area contributed by atoms with E-state index in [0.717, 1.165) is 32.4 Å². The maximum absolute atomic E-state index is 10.3. The van der Waals surface area contributed by atoms with E-state index in [1.807, 2.05) is 24.3 Å². The third-order valence-electron chi connectivity index (χ3n) is 7.44. The summed E-state index contributed by atoms with van der Waals surface area (Å²) < 4.78 is 0. The third-order valence-corrected chi connectivity index (χ3v) is 7.44. The Morgan fingerprint density at radius 2 is 1.71 bits per heavy atom. The van der Waals surface area contributed by atoms with E-state index in [1.54, 1.807) is 18.2 Å². The van der Waals surface area contributed by atoms with Gasteiger partial charge in [0, 0.05) is 25.2 Å². The SMILES string of the molecule is OC[C@@H]1Cc2ccccc2CN1c1nc(NC2CCCN2Cc2ccccc2)nc(-c2cccc(O)c2)n1. The quantitative estimate of drug-likeness (QED) is 0.342. The molecule has 1 aromatic heterocycles. The van der Waals surface area contributed by atoms with Crippen LogP contribution in [0.3, 0.4) is 0 Å². The number of aromatic nitrogens is 3. The molecule has 1 unspecified atom stereocenters. The smallest absolute Gasteiger partial charge is 0.231 e. The van der Waals surface area contributed by atoms with Crippen LogP contribution in [0.2, 0.25) is 0 Å². The molecule has 0 bridgehead atoms. The lowest BCUT2D eigenvalue weighted by atomic mass is 9.94. The number of rotatable bonds is 7. The fraction of sp³-hybridized carbons (Fsp3) is 0.300. The molecule has 0 amide bonds. The Labute approximate surface area is 222 Å². The Balaban J connectivity index is 1.34. The van der Waals surface area contributed by atoms with Crippen molar-refractivity contribution >= 4 is 11.9 Å². The predicted octanol–water partition coefficient (Wildman–Crippen LogP) is 4.20. The van der Waals surface area contributed by atoms with Gasteiger partial charge in [-0.05, 0) is 48.1 Å². The van der Waals surface area contributed by atoms with Crippen LogP contribution in [0.4, 0.5) is 11.9 Å². The number of hydrogen-bond acceptors (Lipinski definition) is 8. The second-order valence-electron chi connectivity index (χ2n) is 10.0. The molecule has 3 heterocycles. The number of aliphatic hydroxyl groups excluding tert-OH is 1. The minimum atomic E-state index is -0.141. The molecule has 8 nitrogen and oxygen atoms in total. The number of likely N-dealkylation sites (tertiary alicyclic amines) is 1. The molecular formula is C30H32N6O2. The average molecular weight is 509 g/mol. The van der Waals surface area contributed by atoms with Crippen molar-refractivity contribution < 1.29 is 10.2 Å². The number of anilines is 2. The van der Waals surface area contributed by atoms with Crippen LogP contribution in [0.1, 0.15) is 29.5 Å². The number of aliphatic hydroxyl groups is 1. The highest BCUT2D eigenvalue weighted by molar-refractivity contribution is 5.60. The molecule has 6 rings (SSSR count). The van der Waals surface area contributed by atoms with E-state index in [9.17, 15) is 10.2 Å². The van der Waals surface area contributed by atoms with Gasteiger partial charge >= 0.3 is 0 Å². The average Bonchev–Trinajstić information content (AvgIpc) is 3.38. The summed E-state index contributed by atoms with van der Waals surface area (Å²) in [4.78, 5) is 19.0. The van der Waals surface area contributed by atoms with Crippen molar-refractivity contribution in [3.63, 3.8) is 0 Å². The van der Waals surface area contributed by atoms with Gasteiger partial charge in [-0.2, -0.15) is 15.0 Å². The Hall–Kier alpha value is -4.01. The summed E-state index contributed by atoms with van der Waals surface area (Å²) in [6.45, 7) is 2.45. The van der Waals surface area contributed by atoms with E-state index >= 15 is 0 Å². The minimum Gasteiger partial charge on any atom is -0.508 e. The van der Waals surface area contributed by atoms with Crippen molar-refractivity contribution in [3.8, 4) is 17.1 Å². The molecule has 0 radical (unpaired) electrons. The third kappa shape index (κ3) is 5.18. The van der Waals surface area contributed by atoms with Crippen molar-refractivity contribution in [2.75, 3.05) is 23.4 Å². The van der Waals surface area contributed by atoms with Gasteiger partial charge < -0.3 is 20.4 Å². The fourth-order valence-corrected chi connectivity index (χ4v) is 5.46. The molecule has 4 aromatic rings. The fourth-order valence-electron chi connectivity index (χ4n) is 5.46. The molecule has 1 saturated heterocycles. The van der Waals surface area contributed by atoms with E-state index in [1.165, 1.54) is 16.7 Å². The van der Waals surface area contributed by atoms with Gasteiger partial charge in [-0.25, -0.2) is 0 Å². The summed E-state index contributed by atoms with van der Waals surface area (Å²) in [7, 11) is 0. The first-order valence-electron chi connectivity index (χ1n) is 13.2. The van der Waals surface area contributed by atoms with Crippen LogP contribution in [-0.2, 0) is 19.5 Å². The predicted molar refractivity (Wildman–Crippen MR) is 148 cm³/mol. The molecule has 0 spiro atoms. The van der Waals surface area contributed by atoms with Crippen molar-refractivity contribution in [1.82, 2.24) is 19.9 Å². The van der Waals surface area contributed by atoms with Crippen LogP contribution in [0.5, 0.6) is 5.75 Å². The summed E-state index contributed by atoms with van der Waals surface area (Å²) >= 11 is 0. The van der Waals surface area contributed by atoms with Crippen LogP contribution in [-0.4, -0.2) is 55.4 Å². The van der Waals surface area contributed by atoms with Gasteiger partial charge in [-0.15, -0.1) is 0 Å². The number of hydrogen-bond donors (Lipinski definition) is 3. The number of benzene rings is 3. The number of phenolic OH excluding ortho intramolecular Hbond substituents is 1. The molecule has 3 aromatic carbocycles. The van der Waals surface area contributed by atoms with E-state index in [-0.39, 0.29) is 24.6 Å². The van der Waals surface area contributed by atoms with Crippen LogP contribution in [0, 0.1) is 0 Å². The van der Waals surface area contributed by atoms with E-state index in [0.29, 0.717) is 29.8 Å². The molecule has 2 atom stereocenters. The van der Waals surface area contributed by atoms with Crippen LogP contribution in [0.25, 0.3) is 11.4 Å². The van der Waals surface area contributed by atoms with Gasteiger partial charge in [0.1, 0.15) is 5.75 Å². The number of fused-ring (bicyclic) bond motifs is 1. The summed E-state index contributed by atoms with van der Waals surface area (Å²) in [6.07, 6.45) is 2.90. The normalized spacial score (nSPS) is 19.3. The number of phenols is 1. The van der Waals surface area contributed by atoms with Crippen molar-refractivity contribution in [1.29, 1.82) is 0 Å². The molecule has 38 heavy (non-hydrogen) atoms. The van der Waals surface area contributed by atoms with E-state index in [2.05, 4.69) is 51.5 Å². The number of nitrogens with one attached hydrogen (secondary N) is 1. The van der Waals surface area contributed by atoms with Gasteiger partial charge in [0.05, 0.1) is 18.8 Å². The molecular weight excluding hydrogens is 476 g/mol. The van der Waals surface area contributed by atoms with Crippen LogP contribution >= 0.6 is 0 Å². The summed E-state index contributed by atoms with van der Waals surface area (Å²) in [5.74, 6) is 1.65. The Morgan fingerprint density at radius 3 is 2.53 bits per heavy atom. The molecule has 8 heteroatoms. The summed E-state index contributed by atoms with van der Waals surface area (Å²) in [5, 5.41) is 24.0. The first-order valence-corrected chi connectivity index (χ1v) is 13.2. The highest BCUT2D eigenvalue weighted by Gasteiger charge is 2.30. The van der Waals surface area contributed by atoms with Gasteiger partial charge in [0.2, 0.25) is 11.9 Å². The maximum Gasteiger partial charge on any atom is 0.231 e. The maximum atomic E-state index is 10.3.